The third kappa shape index (κ3) is 2.13. The van der Waals surface area contributed by atoms with Crippen LogP contribution in [0.5, 0.6) is 6.01 Å². The molecule has 6 heteroatoms. The third-order valence-corrected chi connectivity index (χ3v) is 3.56. The molecule has 1 aromatic carbocycles. The van der Waals surface area contributed by atoms with E-state index in [1.807, 2.05) is 13.0 Å². The summed E-state index contributed by atoms with van der Waals surface area (Å²) in [7, 11) is 1.50. The molecule has 0 atom stereocenters. The molecule has 0 radical (unpaired) electrons. The van der Waals surface area contributed by atoms with Gasteiger partial charge in [0, 0.05) is 5.56 Å². The molecule has 2 N–H and O–H groups in total. The van der Waals surface area contributed by atoms with Crippen molar-refractivity contribution in [1.29, 1.82) is 0 Å². The van der Waals surface area contributed by atoms with Gasteiger partial charge in [0.15, 0.2) is 5.82 Å². The summed E-state index contributed by atoms with van der Waals surface area (Å²) in [5, 5.41) is 17.2. The molecule has 0 aliphatic heterocycles. The van der Waals surface area contributed by atoms with E-state index in [1.165, 1.54) is 7.11 Å². The van der Waals surface area contributed by atoms with Crippen molar-refractivity contribution in [3.8, 4) is 17.4 Å². The Balaban J connectivity index is 2.15. The zero-order valence-corrected chi connectivity index (χ0v) is 11.3. The fourth-order valence-electron chi connectivity index (χ4n) is 2.36. The van der Waals surface area contributed by atoms with Crippen LogP contribution in [-0.2, 0) is 0 Å². The summed E-state index contributed by atoms with van der Waals surface area (Å²) in [5.41, 5.74) is 2.99. The molecule has 1 saturated carbocycles. The van der Waals surface area contributed by atoms with E-state index in [2.05, 4.69) is 15.2 Å². The Bertz CT molecular complexity index is 674. The van der Waals surface area contributed by atoms with Gasteiger partial charge in [-0.15, -0.1) is 5.10 Å². The van der Waals surface area contributed by atoms with Crippen LogP contribution in [0.25, 0.3) is 11.4 Å². The van der Waals surface area contributed by atoms with E-state index in [9.17, 15) is 9.90 Å². The van der Waals surface area contributed by atoms with Crippen molar-refractivity contribution in [2.75, 3.05) is 7.11 Å². The number of carboxylic acids is 1. The van der Waals surface area contributed by atoms with E-state index >= 15 is 0 Å². The summed E-state index contributed by atoms with van der Waals surface area (Å²) >= 11 is 0. The van der Waals surface area contributed by atoms with Gasteiger partial charge in [-0.1, -0.05) is 11.2 Å². The second-order valence-corrected chi connectivity index (χ2v) is 5.02. The number of hydrogen-bond acceptors (Lipinski definition) is 4. The van der Waals surface area contributed by atoms with Crippen LogP contribution in [0.4, 0.5) is 0 Å². The number of aromatic carboxylic acids is 1. The molecule has 3 rings (SSSR count). The predicted octanol–water partition coefficient (Wildman–Crippen LogP) is 2.36. The van der Waals surface area contributed by atoms with Gasteiger partial charge in [0.25, 0.3) is 0 Å². The molecule has 0 spiro atoms. The second-order valence-electron chi connectivity index (χ2n) is 5.02. The number of aryl methyl sites for hydroxylation is 1. The average molecular weight is 273 g/mol. The lowest BCUT2D eigenvalue weighted by Crippen LogP contribution is -2.03. The highest BCUT2D eigenvalue weighted by molar-refractivity contribution is 5.91. The lowest BCUT2D eigenvalue weighted by molar-refractivity contribution is 0.0696. The monoisotopic (exact) mass is 273 g/mol. The van der Waals surface area contributed by atoms with E-state index in [0.717, 1.165) is 29.5 Å². The maximum atomic E-state index is 11.3. The molecule has 1 fully saturated rings. The van der Waals surface area contributed by atoms with Crippen LogP contribution in [-0.4, -0.2) is 33.4 Å². The first-order valence-corrected chi connectivity index (χ1v) is 6.45. The van der Waals surface area contributed by atoms with E-state index in [1.54, 1.807) is 6.07 Å². The molecule has 0 saturated heterocycles. The number of methoxy groups -OCH3 is 1. The van der Waals surface area contributed by atoms with Gasteiger partial charge in [-0.2, -0.15) is 0 Å². The summed E-state index contributed by atoms with van der Waals surface area (Å²) in [4.78, 5) is 14.2. The highest BCUT2D eigenvalue weighted by Gasteiger charge is 2.29. The Morgan fingerprint density at radius 2 is 2.15 bits per heavy atom. The molecule has 1 aliphatic carbocycles. The van der Waals surface area contributed by atoms with Gasteiger partial charge in [-0.05, 0) is 42.9 Å². The van der Waals surface area contributed by atoms with E-state index in [0.29, 0.717) is 23.3 Å². The Kier molecular flexibility index (Phi) is 2.93. The number of hydrogen-bond donors (Lipinski definition) is 2. The van der Waals surface area contributed by atoms with E-state index in [4.69, 9.17) is 4.74 Å². The normalized spacial score (nSPS) is 14.3. The van der Waals surface area contributed by atoms with Gasteiger partial charge < -0.3 is 9.84 Å². The minimum atomic E-state index is -0.933. The van der Waals surface area contributed by atoms with Crippen LogP contribution in [0, 0.1) is 6.92 Å². The number of nitrogens with one attached hydrogen (secondary N) is 1. The molecule has 104 valence electrons. The van der Waals surface area contributed by atoms with Gasteiger partial charge >= 0.3 is 12.0 Å². The largest absolute Gasteiger partial charge is 0.478 e. The van der Waals surface area contributed by atoms with Crippen LogP contribution < -0.4 is 4.74 Å². The summed E-state index contributed by atoms with van der Waals surface area (Å²) in [5.74, 6) is 0.103. The molecule has 0 amide bonds. The molecule has 6 nitrogen and oxygen atoms in total. The second kappa shape index (κ2) is 4.63. The first kappa shape index (κ1) is 12.7. The Labute approximate surface area is 115 Å². The summed E-state index contributed by atoms with van der Waals surface area (Å²) in [6.07, 6.45) is 2.26. The van der Waals surface area contributed by atoms with Gasteiger partial charge in [0.1, 0.15) is 0 Å². The number of carboxylic acid groups (broad SMARTS) is 1. The van der Waals surface area contributed by atoms with Gasteiger partial charge in [-0.3, -0.25) is 4.98 Å². The summed E-state index contributed by atoms with van der Waals surface area (Å²) < 4.78 is 4.99. The quantitative estimate of drug-likeness (QED) is 0.892. The minimum Gasteiger partial charge on any atom is -0.478 e. The lowest BCUT2D eigenvalue weighted by Gasteiger charge is -2.10. The standard InChI is InChI=1S/C14H15N3O3/c1-7-5-10(8-3-4-8)11(6-9(7)13(18)19)12-15-14(20-2)17-16-12/h5-6,8H,3-4H2,1-2H3,(H,18,19)(H,15,16,17). The Hall–Kier alpha value is -2.37. The highest BCUT2D eigenvalue weighted by Crippen LogP contribution is 2.44. The highest BCUT2D eigenvalue weighted by atomic mass is 16.5. The number of aromatic amines is 1. The number of carbonyl (C=O) groups is 1. The smallest absolute Gasteiger partial charge is 0.335 e. The van der Waals surface area contributed by atoms with E-state index < -0.39 is 5.97 Å². The van der Waals surface area contributed by atoms with Crippen LogP contribution >= 0.6 is 0 Å². The molecule has 0 bridgehead atoms. The van der Waals surface area contributed by atoms with Crippen LogP contribution in [0.3, 0.4) is 0 Å². The van der Waals surface area contributed by atoms with Crippen molar-refractivity contribution < 1.29 is 14.6 Å². The van der Waals surface area contributed by atoms with Gasteiger partial charge in [0.05, 0.1) is 12.7 Å². The molecule has 0 unspecified atom stereocenters. The van der Waals surface area contributed by atoms with Crippen molar-refractivity contribution >= 4 is 5.97 Å². The molecule has 20 heavy (non-hydrogen) atoms. The molecule has 2 aromatic rings. The number of ether oxygens (including phenoxy) is 1. The summed E-state index contributed by atoms with van der Waals surface area (Å²) in [6.45, 7) is 1.82. The maximum absolute atomic E-state index is 11.3. The fraction of sp³-hybridized carbons (Fsp3) is 0.357. The first-order valence-electron chi connectivity index (χ1n) is 6.45. The molecule has 1 heterocycles. The van der Waals surface area contributed by atoms with Crippen molar-refractivity contribution in [3.05, 3.63) is 28.8 Å². The van der Waals surface area contributed by atoms with Crippen molar-refractivity contribution in [1.82, 2.24) is 15.2 Å². The average Bonchev–Trinajstić information content (AvgIpc) is 3.16. The number of aromatic nitrogens is 3. The SMILES string of the molecule is COc1nnc(-c2cc(C(=O)O)c(C)cc2C2CC2)[nH]1. The third-order valence-electron chi connectivity index (χ3n) is 3.56. The number of rotatable bonds is 4. The first-order chi connectivity index (χ1) is 9.60. The molecular weight excluding hydrogens is 258 g/mol. The van der Waals surface area contributed by atoms with Crippen molar-refractivity contribution in [2.24, 2.45) is 0 Å². The molecular formula is C14H15N3O3. The lowest BCUT2D eigenvalue weighted by atomic mass is 9.96. The zero-order valence-electron chi connectivity index (χ0n) is 11.3. The number of benzene rings is 1. The van der Waals surface area contributed by atoms with E-state index in [-0.39, 0.29) is 0 Å². The van der Waals surface area contributed by atoms with Crippen LogP contribution in [0.15, 0.2) is 12.1 Å². The topological polar surface area (TPSA) is 88.1 Å². The van der Waals surface area contributed by atoms with Crippen LogP contribution in [0.1, 0.15) is 40.2 Å². The van der Waals surface area contributed by atoms with Crippen molar-refractivity contribution in [2.45, 2.75) is 25.7 Å². The minimum absolute atomic E-state index is 0.291. The maximum Gasteiger partial charge on any atom is 0.335 e. The zero-order chi connectivity index (χ0) is 14.3. The predicted molar refractivity (Wildman–Crippen MR) is 72.0 cm³/mol. The Morgan fingerprint density at radius 1 is 1.40 bits per heavy atom. The Morgan fingerprint density at radius 3 is 2.70 bits per heavy atom. The van der Waals surface area contributed by atoms with Crippen LogP contribution in [0.2, 0.25) is 0 Å². The number of nitrogens with zero attached hydrogens (tertiary/aromatic N) is 2. The van der Waals surface area contributed by atoms with Crippen molar-refractivity contribution in [3.63, 3.8) is 0 Å². The number of H-pyrrole nitrogens is 1. The summed E-state index contributed by atoms with van der Waals surface area (Å²) in [6, 6.07) is 3.94. The van der Waals surface area contributed by atoms with Gasteiger partial charge in [0.2, 0.25) is 0 Å². The molecule has 1 aliphatic rings. The van der Waals surface area contributed by atoms with Gasteiger partial charge in [-0.25, -0.2) is 4.79 Å². The fourth-order valence-corrected chi connectivity index (χ4v) is 2.36. The molecule has 1 aromatic heterocycles.